The minimum atomic E-state index is 0.0702. The molecule has 3 aromatic rings. The van der Waals surface area contributed by atoms with Crippen molar-refractivity contribution < 1.29 is 4.79 Å². The molecule has 1 atom stereocenters. The van der Waals surface area contributed by atoms with Crippen molar-refractivity contribution in [3.05, 3.63) is 66.5 Å². The van der Waals surface area contributed by atoms with E-state index in [4.69, 9.17) is 0 Å². The Bertz CT molecular complexity index is 855. The second kappa shape index (κ2) is 9.33. The highest BCUT2D eigenvalue weighted by Gasteiger charge is 2.18. The lowest BCUT2D eigenvalue weighted by Gasteiger charge is -2.30. The van der Waals surface area contributed by atoms with E-state index < -0.39 is 0 Å². The van der Waals surface area contributed by atoms with Crippen LogP contribution in [0.25, 0.3) is 11.0 Å². The van der Waals surface area contributed by atoms with Crippen LogP contribution in [0.5, 0.6) is 0 Å². The maximum absolute atomic E-state index is 12.4. The third-order valence-corrected chi connectivity index (χ3v) is 5.04. The van der Waals surface area contributed by atoms with Crippen molar-refractivity contribution in [2.75, 3.05) is 19.6 Å². The van der Waals surface area contributed by atoms with Crippen LogP contribution in [0.1, 0.15) is 31.9 Å². The number of aryl methyl sites for hydroxylation is 1. The first-order chi connectivity index (χ1) is 13.2. The van der Waals surface area contributed by atoms with Crippen LogP contribution in [0, 0.1) is 0 Å². The van der Waals surface area contributed by atoms with Crippen LogP contribution in [-0.4, -0.2) is 40.0 Å². The first-order valence-corrected chi connectivity index (χ1v) is 9.68. The van der Waals surface area contributed by atoms with Crippen molar-refractivity contribution in [2.24, 2.45) is 0 Å². The van der Waals surface area contributed by atoms with Gasteiger partial charge in [0.15, 0.2) is 0 Å². The predicted octanol–water partition coefficient (Wildman–Crippen LogP) is 3.63. The molecule has 0 aliphatic carbocycles. The van der Waals surface area contributed by atoms with Crippen LogP contribution in [0.15, 0.2) is 60.9 Å². The Morgan fingerprint density at radius 2 is 1.78 bits per heavy atom. The lowest BCUT2D eigenvalue weighted by molar-refractivity contribution is -0.121. The van der Waals surface area contributed by atoms with Gasteiger partial charge in [-0.15, -0.1) is 0 Å². The maximum atomic E-state index is 12.4. The van der Waals surface area contributed by atoms with Crippen LogP contribution >= 0.6 is 0 Å². The number of hydrogen-bond acceptors (Lipinski definition) is 3. The molecule has 0 saturated heterocycles. The van der Waals surface area contributed by atoms with Gasteiger partial charge in [-0.25, -0.2) is 4.98 Å². The number of nitrogens with one attached hydrogen (secondary N) is 1. The van der Waals surface area contributed by atoms with Crippen molar-refractivity contribution in [1.29, 1.82) is 0 Å². The van der Waals surface area contributed by atoms with Gasteiger partial charge >= 0.3 is 0 Å². The van der Waals surface area contributed by atoms with Crippen LogP contribution in [0.4, 0.5) is 0 Å². The van der Waals surface area contributed by atoms with Gasteiger partial charge in [-0.2, -0.15) is 0 Å². The molecule has 0 saturated carbocycles. The monoisotopic (exact) mass is 364 g/mol. The number of nitrogens with zero attached hydrogens (tertiary/aromatic N) is 3. The van der Waals surface area contributed by atoms with Gasteiger partial charge in [-0.1, -0.05) is 56.3 Å². The highest BCUT2D eigenvalue weighted by Crippen LogP contribution is 2.19. The van der Waals surface area contributed by atoms with Crippen molar-refractivity contribution in [2.45, 2.75) is 32.9 Å². The summed E-state index contributed by atoms with van der Waals surface area (Å²) in [7, 11) is 0. The van der Waals surface area contributed by atoms with E-state index in [2.05, 4.69) is 53.3 Å². The smallest absolute Gasteiger partial charge is 0.221 e. The molecule has 5 heteroatoms. The van der Waals surface area contributed by atoms with E-state index in [-0.39, 0.29) is 11.9 Å². The second-order valence-electron chi connectivity index (χ2n) is 6.63. The zero-order valence-electron chi connectivity index (χ0n) is 16.1. The third-order valence-electron chi connectivity index (χ3n) is 5.04. The number of carbonyl (C=O) groups is 1. The lowest BCUT2D eigenvalue weighted by atomic mass is 10.1. The molecule has 1 heterocycles. The van der Waals surface area contributed by atoms with Gasteiger partial charge in [0, 0.05) is 19.5 Å². The number of aromatic nitrogens is 2. The van der Waals surface area contributed by atoms with E-state index in [1.165, 1.54) is 5.56 Å². The Morgan fingerprint density at radius 3 is 2.52 bits per heavy atom. The molecule has 1 unspecified atom stereocenters. The zero-order chi connectivity index (χ0) is 19.1. The standard InChI is InChI=1S/C22H28N4O/c1-3-25(4-2)21(18-10-6-5-7-11-18)16-23-22(27)14-15-26-17-24-19-12-8-9-13-20(19)26/h5-13,17,21H,3-4,14-16H2,1-2H3,(H,23,27). The summed E-state index contributed by atoms with van der Waals surface area (Å²) in [6.07, 6.45) is 2.25. The first-order valence-electron chi connectivity index (χ1n) is 9.68. The number of amides is 1. The topological polar surface area (TPSA) is 50.2 Å². The molecule has 0 aliphatic rings. The summed E-state index contributed by atoms with van der Waals surface area (Å²) in [5.41, 5.74) is 3.27. The van der Waals surface area contributed by atoms with Crippen LogP contribution in [-0.2, 0) is 11.3 Å². The van der Waals surface area contributed by atoms with Crippen molar-refractivity contribution >= 4 is 16.9 Å². The number of imidazole rings is 1. The van der Waals surface area contributed by atoms with Crippen LogP contribution in [0.3, 0.4) is 0 Å². The van der Waals surface area contributed by atoms with E-state index in [0.717, 1.165) is 24.1 Å². The van der Waals surface area contributed by atoms with Gasteiger partial charge in [-0.3, -0.25) is 9.69 Å². The lowest BCUT2D eigenvalue weighted by Crippen LogP contribution is -2.38. The molecule has 27 heavy (non-hydrogen) atoms. The van der Waals surface area contributed by atoms with Crippen molar-refractivity contribution in [3.63, 3.8) is 0 Å². The molecule has 5 nitrogen and oxygen atoms in total. The summed E-state index contributed by atoms with van der Waals surface area (Å²) in [5.74, 6) is 0.0702. The van der Waals surface area contributed by atoms with Gasteiger partial charge in [0.2, 0.25) is 5.91 Å². The summed E-state index contributed by atoms with van der Waals surface area (Å²) >= 11 is 0. The van der Waals surface area contributed by atoms with Crippen molar-refractivity contribution in [1.82, 2.24) is 19.8 Å². The fourth-order valence-electron chi connectivity index (χ4n) is 3.51. The molecule has 142 valence electrons. The fraction of sp³-hybridized carbons (Fsp3) is 0.364. The van der Waals surface area contributed by atoms with Crippen LogP contribution in [0.2, 0.25) is 0 Å². The molecule has 0 bridgehead atoms. The minimum Gasteiger partial charge on any atom is -0.354 e. The van der Waals surface area contributed by atoms with E-state index in [0.29, 0.717) is 19.5 Å². The Labute approximate surface area is 161 Å². The molecule has 0 spiro atoms. The van der Waals surface area contributed by atoms with E-state index in [9.17, 15) is 4.79 Å². The van der Waals surface area contributed by atoms with E-state index >= 15 is 0 Å². The highest BCUT2D eigenvalue weighted by molar-refractivity contribution is 5.77. The Hall–Kier alpha value is -2.66. The second-order valence-corrected chi connectivity index (χ2v) is 6.63. The predicted molar refractivity (Wildman–Crippen MR) is 109 cm³/mol. The molecule has 1 amide bonds. The highest BCUT2D eigenvalue weighted by atomic mass is 16.1. The van der Waals surface area contributed by atoms with Gasteiger partial charge in [0.1, 0.15) is 0 Å². The average molecular weight is 364 g/mol. The molecule has 0 fully saturated rings. The van der Waals surface area contributed by atoms with Crippen LogP contribution < -0.4 is 5.32 Å². The normalized spacial score (nSPS) is 12.4. The van der Waals surface area contributed by atoms with E-state index in [1.54, 1.807) is 6.33 Å². The zero-order valence-corrected chi connectivity index (χ0v) is 16.1. The first kappa shape index (κ1) is 19.1. The number of likely N-dealkylation sites (N-methyl/N-ethyl adjacent to an activating group) is 1. The van der Waals surface area contributed by atoms with Gasteiger partial charge < -0.3 is 9.88 Å². The van der Waals surface area contributed by atoms with Gasteiger partial charge in [-0.05, 0) is 30.8 Å². The number of hydrogen-bond donors (Lipinski definition) is 1. The largest absolute Gasteiger partial charge is 0.354 e. The fourth-order valence-corrected chi connectivity index (χ4v) is 3.51. The number of fused-ring (bicyclic) bond motifs is 1. The number of benzene rings is 2. The molecule has 3 rings (SSSR count). The maximum Gasteiger partial charge on any atom is 0.221 e. The average Bonchev–Trinajstić information content (AvgIpc) is 3.13. The van der Waals surface area contributed by atoms with E-state index in [1.807, 2.05) is 34.9 Å². The molecule has 0 aliphatic heterocycles. The molecule has 1 N–H and O–H groups in total. The SMILES string of the molecule is CCN(CC)C(CNC(=O)CCn1cnc2ccccc21)c1ccccc1. The Balaban J connectivity index is 1.59. The number of para-hydroxylation sites is 2. The molecular formula is C22H28N4O. The molecule has 0 radical (unpaired) electrons. The molecule has 2 aromatic carbocycles. The Morgan fingerprint density at radius 1 is 1.07 bits per heavy atom. The van der Waals surface area contributed by atoms with Gasteiger partial charge in [0.05, 0.1) is 23.4 Å². The number of carbonyl (C=O) groups excluding carboxylic acids is 1. The number of rotatable bonds is 9. The summed E-state index contributed by atoms with van der Waals surface area (Å²) in [6.45, 7) is 7.47. The summed E-state index contributed by atoms with van der Waals surface area (Å²) in [4.78, 5) is 19.2. The summed E-state index contributed by atoms with van der Waals surface area (Å²) in [6, 6.07) is 18.6. The summed E-state index contributed by atoms with van der Waals surface area (Å²) < 4.78 is 2.04. The minimum absolute atomic E-state index is 0.0702. The third kappa shape index (κ3) is 4.74. The molecule has 1 aromatic heterocycles. The summed E-state index contributed by atoms with van der Waals surface area (Å²) in [5, 5.41) is 3.13. The van der Waals surface area contributed by atoms with Gasteiger partial charge in [0.25, 0.3) is 0 Å². The quantitative estimate of drug-likeness (QED) is 0.631. The van der Waals surface area contributed by atoms with Crippen molar-refractivity contribution in [3.8, 4) is 0 Å². The molecular weight excluding hydrogens is 336 g/mol. The Kier molecular flexibility index (Phi) is 6.60.